The Morgan fingerprint density at radius 1 is 1.09 bits per heavy atom. The van der Waals surface area contributed by atoms with Gasteiger partial charge in [0.15, 0.2) is 0 Å². The van der Waals surface area contributed by atoms with Gasteiger partial charge in [0.05, 0.1) is 0 Å². The molecule has 129 valence electrons. The number of benzene rings is 1. The summed E-state index contributed by atoms with van der Waals surface area (Å²) in [5.74, 6) is -0.831. The molecule has 0 N–H and O–H groups in total. The molecule has 0 heterocycles. The molecule has 0 spiro atoms. The summed E-state index contributed by atoms with van der Waals surface area (Å²) in [6.07, 6.45) is 6.87. The first-order valence-corrected chi connectivity index (χ1v) is 12.7. The maximum absolute atomic E-state index is 14.7. The van der Waals surface area contributed by atoms with Crippen LogP contribution < -0.4 is 8.77 Å². The number of nitrogens with zero attached hydrogens (tertiary/aromatic N) is 1. The normalized spacial score (nSPS) is 12.6. The van der Waals surface area contributed by atoms with E-state index in [4.69, 9.17) is 0 Å². The van der Waals surface area contributed by atoms with Crippen LogP contribution in [-0.2, 0) is 20.4 Å². The third-order valence-corrected chi connectivity index (χ3v) is 7.35. The molecule has 5 heteroatoms. The quantitative estimate of drug-likeness (QED) is 0.423. The molecule has 23 heavy (non-hydrogen) atoms. The zero-order chi connectivity index (χ0) is 17.4. The van der Waals surface area contributed by atoms with Gasteiger partial charge in [0, 0.05) is 0 Å². The molecule has 0 radical (unpaired) electrons. The van der Waals surface area contributed by atoms with E-state index in [0.29, 0.717) is 11.4 Å². The van der Waals surface area contributed by atoms with Crippen LogP contribution in [0.3, 0.4) is 0 Å². The summed E-state index contributed by atoms with van der Waals surface area (Å²) in [5, 5.41) is 0. The van der Waals surface area contributed by atoms with Crippen LogP contribution >= 0.6 is 0 Å². The Bertz CT molecular complexity index is 482. The fourth-order valence-electron chi connectivity index (χ4n) is 3.01. The fraction of sp³-hybridized carbons (Fsp3) is 0.667. The van der Waals surface area contributed by atoms with Crippen molar-refractivity contribution in [3.05, 3.63) is 23.8 Å². The van der Waals surface area contributed by atoms with Crippen molar-refractivity contribution in [2.45, 2.75) is 71.1 Å². The third kappa shape index (κ3) is 5.99. The zero-order valence-electron chi connectivity index (χ0n) is 15.0. The van der Waals surface area contributed by atoms with Gasteiger partial charge in [-0.3, -0.25) is 0 Å². The number of unbranched alkanes of at least 4 members (excludes halogenated alkanes) is 3. The summed E-state index contributed by atoms with van der Waals surface area (Å²) in [7, 11) is -0.982. The topological polar surface area (TPSA) is 3.24 Å². The first-order valence-electron chi connectivity index (χ1n) is 8.90. The van der Waals surface area contributed by atoms with Crippen LogP contribution in [0, 0.1) is 11.6 Å². The van der Waals surface area contributed by atoms with Gasteiger partial charge in [0.2, 0.25) is 0 Å². The van der Waals surface area contributed by atoms with E-state index >= 15 is 0 Å². The van der Waals surface area contributed by atoms with Gasteiger partial charge in [-0.1, -0.05) is 0 Å². The minimum atomic E-state index is -0.982. The first-order chi connectivity index (χ1) is 10.9. The van der Waals surface area contributed by atoms with Gasteiger partial charge in [-0.15, -0.1) is 0 Å². The number of anilines is 1. The van der Waals surface area contributed by atoms with Crippen molar-refractivity contribution in [1.82, 2.24) is 0 Å². The molecule has 0 saturated carbocycles. The second-order valence-corrected chi connectivity index (χ2v) is 10.6. The fourth-order valence-corrected chi connectivity index (χ4v) is 5.27. The molecule has 0 aliphatic rings. The van der Waals surface area contributed by atoms with Crippen molar-refractivity contribution >= 4 is 18.4 Å². The molecule has 1 nitrogen and oxygen atoms in total. The Kier molecular flexibility index (Phi) is 9.64. The van der Waals surface area contributed by atoms with Crippen LogP contribution in [-0.4, -0.2) is 21.0 Å². The van der Waals surface area contributed by atoms with Crippen LogP contribution in [0.25, 0.3) is 0 Å². The van der Waals surface area contributed by atoms with Crippen LogP contribution in [0.5, 0.6) is 0 Å². The van der Waals surface area contributed by atoms with Crippen molar-refractivity contribution in [1.29, 1.82) is 0 Å². The molecule has 1 aromatic rings. The average Bonchev–Trinajstić information content (AvgIpc) is 2.52. The number of halogens is 2. The zero-order valence-corrected chi connectivity index (χ0v) is 17.7. The number of hydrogen-bond acceptors (Lipinski definition) is 1. The van der Waals surface area contributed by atoms with Gasteiger partial charge < -0.3 is 0 Å². The van der Waals surface area contributed by atoms with Crippen molar-refractivity contribution < 1.29 is 29.2 Å². The summed E-state index contributed by atoms with van der Waals surface area (Å²) in [6, 6.07) is 3.05. The minimum absolute atomic E-state index is 0.140. The first kappa shape index (κ1) is 20.9. The number of rotatable bonds is 10. The van der Waals surface area contributed by atoms with Crippen molar-refractivity contribution in [3.63, 3.8) is 0 Å². The van der Waals surface area contributed by atoms with Crippen LogP contribution in [0.4, 0.5) is 14.5 Å². The molecule has 1 aromatic carbocycles. The van der Waals surface area contributed by atoms with E-state index in [2.05, 4.69) is 31.8 Å². The molecule has 0 aliphatic carbocycles. The maximum atomic E-state index is 14.7. The van der Waals surface area contributed by atoms with Gasteiger partial charge in [0.25, 0.3) is 0 Å². The molecule has 0 aromatic heterocycles. The molecule has 0 amide bonds. The molecule has 1 atom stereocenters. The summed E-state index contributed by atoms with van der Waals surface area (Å²) < 4.78 is 28.5. The van der Waals surface area contributed by atoms with E-state index in [-0.39, 0.29) is 9.69 Å². The van der Waals surface area contributed by atoms with Crippen molar-refractivity contribution in [2.24, 2.45) is 0 Å². The Morgan fingerprint density at radius 2 is 1.74 bits per heavy atom. The van der Waals surface area contributed by atoms with Crippen LogP contribution in [0.1, 0.15) is 52.4 Å². The van der Waals surface area contributed by atoms with Crippen molar-refractivity contribution in [2.75, 3.05) is 11.4 Å². The van der Waals surface area contributed by atoms with E-state index in [9.17, 15) is 8.78 Å². The summed E-state index contributed by atoms with van der Waals surface area (Å²) in [4.78, 5) is 2.25. The monoisotopic (exact) mass is 374 g/mol. The van der Waals surface area contributed by atoms with Gasteiger partial charge in [0.1, 0.15) is 0 Å². The van der Waals surface area contributed by atoms with Gasteiger partial charge in [-0.25, -0.2) is 0 Å². The predicted molar refractivity (Wildman–Crippen MR) is 95.1 cm³/mol. The van der Waals surface area contributed by atoms with Crippen molar-refractivity contribution in [3.8, 4) is 0 Å². The average molecular weight is 374 g/mol. The van der Waals surface area contributed by atoms with E-state index in [1.54, 1.807) is 6.07 Å². The molecular weight excluding hydrogens is 344 g/mol. The Balaban J connectivity index is 3.12. The molecule has 0 aliphatic heterocycles. The second-order valence-electron chi connectivity index (χ2n) is 6.61. The van der Waals surface area contributed by atoms with Gasteiger partial charge >= 0.3 is 154 Å². The SMILES string of the molecule is CCCCCC(N(CCCC)c1ccc(F)[c]([Ti])c1F)[SiH](C)C. The summed E-state index contributed by atoms with van der Waals surface area (Å²) >= 11 is 1.53. The number of hydrogen-bond donors (Lipinski definition) is 0. The van der Waals surface area contributed by atoms with Gasteiger partial charge in [-0.05, 0) is 0 Å². The molecule has 0 fully saturated rings. The van der Waals surface area contributed by atoms with Crippen LogP contribution in [0.2, 0.25) is 13.1 Å². The molecule has 0 saturated heterocycles. The Morgan fingerprint density at radius 3 is 2.30 bits per heavy atom. The Hall–Kier alpha value is -0.189. The molecule has 1 rings (SSSR count). The summed E-state index contributed by atoms with van der Waals surface area (Å²) in [5.41, 5.74) is 1.03. The Labute approximate surface area is 153 Å². The summed E-state index contributed by atoms with van der Waals surface area (Å²) in [6.45, 7) is 9.90. The predicted octanol–water partition coefficient (Wildman–Crippen LogP) is 4.72. The van der Waals surface area contributed by atoms with E-state index in [0.717, 1.165) is 25.8 Å². The van der Waals surface area contributed by atoms with E-state index < -0.39 is 14.6 Å². The van der Waals surface area contributed by atoms with E-state index in [1.165, 1.54) is 45.8 Å². The molecule has 0 bridgehead atoms. The molecule has 1 unspecified atom stereocenters. The third-order valence-electron chi connectivity index (χ3n) is 4.41. The second kappa shape index (κ2) is 10.6. The van der Waals surface area contributed by atoms with E-state index in [1.807, 2.05) is 0 Å². The van der Waals surface area contributed by atoms with Crippen LogP contribution in [0.15, 0.2) is 12.1 Å². The van der Waals surface area contributed by atoms with Gasteiger partial charge in [-0.2, -0.15) is 0 Å². The molecular formula is C18H30F2NSiTi. The standard InChI is InChI=1S/C18H30F2NSi.Ti/c1-5-7-9-10-18(22(3)4)21(13-8-6-2)17-12-11-15(19)14-16(17)20;/h11-12,18,22H,5-10,13H2,1-4H3;.